The Kier molecular flexibility index (Phi) is 17.2. The van der Waals surface area contributed by atoms with Crippen LogP contribution in [0.3, 0.4) is 0 Å². The van der Waals surface area contributed by atoms with Crippen LogP contribution in [-0.2, 0) is 12.8 Å². The monoisotopic (exact) mass is 346 g/mol. The molecule has 104 valence electrons. The Labute approximate surface area is 216 Å². The van der Waals surface area contributed by atoms with Crippen LogP contribution in [0, 0.1) is 10.8 Å². The van der Waals surface area contributed by atoms with Crippen LogP contribution in [0.5, 0.6) is 0 Å². The van der Waals surface area contributed by atoms with E-state index in [9.17, 15) is 10.2 Å². The quantitative estimate of drug-likeness (QED) is 0.330. The third-order valence-electron chi connectivity index (χ3n) is 2.42. The summed E-state index contributed by atoms with van der Waals surface area (Å²) in [7, 11) is 0. The second kappa shape index (κ2) is 15.2. The van der Waals surface area contributed by atoms with Gasteiger partial charge in [0.05, 0.1) is 0 Å². The zero-order valence-electron chi connectivity index (χ0n) is 13.0. The molecule has 0 aliphatic heterocycles. The minimum atomic E-state index is -0.536. The molecule has 2 aromatic rings. The smallest absolute Gasteiger partial charge is 0.862 e. The maximum atomic E-state index is 10.3. The predicted molar refractivity (Wildman–Crippen MR) is 75.7 cm³/mol. The molecule has 0 spiro atoms. The Balaban J connectivity index is 0. The minimum absolute atomic E-state index is 0. The molecule has 0 saturated heterocycles. The largest absolute Gasteiger partial charge is 1.00 e. The molecule has 4 nitrogen and oxygen atoms in total. The Hall–Kier alpha value is 0.653. The van der Waals surface area contributed by atoms with Crippen molar-refractivity contribution in [3.63, 3.8) is 0 Å². The maximum Gasteiger partial charge on any atom is 1.00 e. The summed E-state index contributed by atoms with van der Waals surface area (Å²) in [6.07, 6.45) is 0.446. The Bertz CT molecular complexity index is 497. The van der Waals surface area contributed by atoms with Crippen molar-refractivity contribution in [3.8, 4) is 0 Å². The van der Waals surface area contributed by atoms with E-state index in [1.54, 1.807) is 0 Å². The van der Waals surface area contributed by atoms with Crippen molar-refractivity contribution in [3.05, 3.63) is 71.8 Å². The molecule has 2 rings (SSSR count). The van der Waals surface area contributed by atoms with Crippen molar-refractivity contribution in [1.29, 1.82) is 10.8 Å². The van der Waals surface area contributed by atoms with Gasteiger partial charge < -0.3 is 21.0 Å². The summed E-state index contributed by atoms with van der Waals surface area (Å²) in [5.74, 6) is -1.07. The summed E-state index contributed by atoms with van der Waals surface area (Å²) in [6, 6.07) is 18.6. The van der Waals surface area contributed by atoms with Crippen LogP contribution in [-0.4, -0.2) is 11.8 Å². The van der Waals surface area contributed by atoms with E-state index < -0.39 is 11.8 Å². The predicted octanol–water partition coefficient (Wildman–Crippen LogP) is -4.86. The van der Waals surface area contributed by atoms with Gasteiger partial charge in [-0.2, -0.15) is 0 Å². The van der Waals surface area contributed by atoms with Crippen LogP contribution >= 0.6 is 0 Å². The third kappa shape index (κ3) is 13.1. The summed E-state index contributed by atoms with van der Waals surface area (Å²) in [4.78, 5) is 0. The van der Waals surface area contributed by atoms with Crippen LogP contribution in [0.25, 0.3) is 0 Å². The van der Waals surface area contributed by atoms with Gasteiger partial charge in [-0.05, 0) is 35.8 Å². The molecule has 0 saturated carbocycles. The average Bonchev–Trinajstić information content (AvgIpc) is 2.40. The normalized spacial score (nSPS) is 8.36. The molecule has 2 aromatic carbocycles. The number of hydrogen-bond donors (Lipinski definition) is 2. The third-order valence-corrected chi connectivity index (χ3v) is 2.42. The average molecular weight is 347 g/mol. The molecule has 0 fully saturated rings. The van der Waals surface area contributed by atoms with E-state index >= 15 is 0 Å². The minimum Gasteiger partial charge on any atom is -0.862 e. The Morgan fingerprint density at radius 1 is 0.636 bits per heavy atom. The molecule has 2 N–H and O–H groups in total. The topological polar surface area (TPSA) is 93.8 Å². The standard InChI is InChI=1S/2C8H9NO.2K/c2*9-8(10)6-7-4-2-1-3-5-7;;/h2*1-5H,6H2,(H2,9,10);;/q;;2*+1/p-2. The SMILES string of the molecule is N=C([O-])Cc1ccccc1.N=C([O-])Cc1ccccc1.[K+].[K+]. The first kappa shape index (κ1) is 24.9. The zero-order chi connectivity index (χ0) is 14.8. The van der Waals surface area contributed by atoms with Crippen LogP contribution in [0.2, 0.25) is 0 Å². The summed E-state index contributed by atoms with van der Waals surface area (Å²) >= 11 is 0. The summed E-state index contributed by atoms with van der Waals surface area (Å²) in [5.41, 5.74) is 1.81. The number of benzene rings is 2. The number of hydrogen-bond acceptors (Lipinski definition) is 4. The number of rotatable bonds is 4. The first-order valence-corrected chi connectivity index (χ1v) is 6.14. The van der Waals surface area contributed by atoms with E-state index in [0.29, 0.717) is 0 Å². The summed E-state index contributed by atoms with van der Waals surface area (Å²) in [6.45, 7) is 0. The van der Waals surface area contributed by atoms with Crippen molar-refractivity contribution in [1.82, 2.24) is 0 Å². The van der Waals surface area contributed by atoms with Crippen molar-refractivity contribution in [2.45, 2.75) is 12.8 Å². The summed E-state index contributed by atoms with van der Waals surface area (Å²) < 4.78 is 0. The van der Waals surface area contributed by atoms with E-state index in [1.807, 2.05) is 60.7 Å². The fraction of sp³-hybridized carbons (Fsp3) is 0.125. The van der Waals surface area contributed by atoms with E-state index in [0.717, 1.165) is 11.1 Å². The molecule has 0 amide bonds. The second-order valence-electron chi connectivity index (χ2n) is 4.17. The van der Waals surface area contributed by atoms with E-state index in [1.165, 1.54) is 0 Å². The van der Waals surface area contributed by atoms with E-state index in [2.05, 4.69) is 0 Å². The molecule has 6 heteroatoms. The van der Waals surface area contributed by atoms with Gasteiger partial charge in [-0.15, -0.1) is 0 Å². The molecule has 0 atom stereocenters. The molecule has 0 unspecified atom stereocenters. The molecular formula is C16H16K2N2O2. The van der Waals surface area contributed by atoms with E-state index in [-0.39, 0.29) is 116 Å². The Morgan fingerprint density at radius 3 is 1.14 bits per heavy atom. The first-order chi connectivity index (χ1) is 9.58. The molecule has 22 heavy (non-hydrogen) atoms. The van der Waals surface area contributed by atoms with Gasteiger partial charge in [0.25, 0.3) is 0 Å². The molecule has 0 radical (unpaired) electrons. The Morgan fingerprint density at radius 2 is 0.909 bits per heavy atom. The van der Waals surface area contributed by atoms with Crippen LogP contribution < -0.4 is 113 Å². The summed E-state index contributed by atoms with van der Waals surface area (Å²) in [5, 5.41) is 33.9. The molecule has 0 bridgehead atoms. The molecule has 0 heterocycles. The van der Waals surface area contributed by atoms with Gasteiger partial charge in [0.1, 0.15) is 0 Å². The van der Waals surface area contributed by atoms with Gasteiger partial charge in [-0.25, -0.2) is 0 Å². The van der Waals surface area contributed by atoms with Gasteiger partial charge in [0.2, 0.25) is 0 Å². The molecule has 0 aromatic heterocycles. The van der Waals surface area contributed by atoms with Gasteiger partial charge in [0.15, 0.2) is 0 Å². The van der Waals surface area contributed by atoms with Crippen molar-refractivity contribution >= 4 is 11.8 Å². The van der Waals surface area contributed by atoms with Crippen LogP contribution in [0.1, 0.15) is 11.1 Å². The van der Waals surface area contributed by atoms with Crippen molar-refractivity contribution in [2.75, 3.05) is 0 Å². The van der Waals surface area contributed by atoms with Crippen LogP contribution in [0.4, 0.5) is 0 Å². The van der Waals surface area contributed by atoms with Crippen molar-refractivity contribution < 1.29 is 113 Å². The van der Waals surface area contributed by atoms with Crippen molar-refractivity contribution in [2.24, 2.45) is 0 Å². The van der Waals surface area contributed by atoms with Gasteiger partial charge >= 0.3 is 103 Å². The maximum absolute atomic E-state index is 10.3. The molecular weight excluding hydrogens is 330 g/mol. The molecule has 0 aliphatic carbocycles. The fourth-order valence-corrected chi connectivity index (χ4v) is 1.56. The molecule has 0 aliphatic rings. The van der Waals surface area contributed by atoms with Gasteiger partial charge in [-0.1, -0.05) is 60.7 Å². The van der Waals surface area contributed by atoms with Gasteiger partial charge in [-0.3, -0.25) is 0 Å². The second-order valence-corrected chi connectivity index (χ2v) is 4.17. The van der Waals surface area contributed by atoms with E-state index in [4.69, 9.17) is 10.8 Å². The number of nitrogens with one attached hydrogen (secondary N) is 2. The zero-order valence-corrected chi connectivity index (χ0v) is 19.3. The first-order valence-electron chi connectivity index (χ1n) is 6.14. The van der Waals surface area contributed by atoms with Crippen LogP contribution in [0.15, 0.2) is 60.7 Å². The fourth-order valence-electron chi connectivity index (χ4n) is 1.56. The van der Waals surface area contributed by atoms with Gasteiger partial charge in [0, 0.05) is 0 Å².